The first-order chi connectivity index (χ1) is 15.5. The van der Waals surface area contributed by atoms with Crippen molar-refractivity contribution in [3.05, 3.63) is 59.6 Å². The monoisotopic (exact) mass is 431 g/mol. The molecule has 0 bridgehead atoms. The second-order valence-electron chi connectivity index (χ2n) is 8.06. The van der Waals surface area contributed by atoms with E-state index in [2.05, 4.69) is 36.9 Å². The zero-order valence-corrected chi connectivity index (χ0v) is 18.4. The Hall–Kier alpha value is -3.59. The molecule has 9 nitrogen and oxygen atoms in total. The van der Waals surface area contributed by atoms with Crippen molar-refractivity contribution >= 4 is 22.8 Å². The number of fused-ring (bicyclic) bond motifs is 1. The van der Waals surface area contributed by atoms with Gasteiger partial charge in [-0.25, -0.2) is 19.6 Å². The molecule has 32 heavy (non-hydrogen) atoms. The Morgan fingerprint density at radius 3 is 2.75 bits per heavy atom. The van der Waals surface area contributed by atoms with Crippen LogP contribution < -0.4 is 5.32 Å². The molecule has 5 rings (SSSR count). The predicted molar refractivity (Wildman–Crippen MR) is 120 cm³/mol. The van der Waals surface area contributed by atoms with E-state index < -0.39 is 5.91 Å². The van der Waals surface area contributed by atoms with Crippen molar-refractivity contribution in [2.24, 2.45) is 0 Å². The zero-order valence-electron chi connectivity index (χ0n) is 18.4. The Labute approximate surface area is 185 Å². The minimum Gasteiger partial charge on any atom is -0.376 e. The first kappa shape index (κ1) is 20.3. The van der Waals surface area contributed by atoms with Gasteiger partial charge in [0.25, 0.3) is 5.91 Å². The first-order valence-corrected chi connectivity index (χ1v) is 10.8. The molecular weight excluding hydrogens is 406 g/mol. The van der Waals surface area contributed by atoms with E-state index in [0.717, 1.165) is 54.0 Å². The highest BCUT2D eigenvalue weighted by Crippen LogP contribution is 2.30. The summed E-state index contributed by atoms with van der Waals surface area (Å²) in [4.78, 5) is 26.2. The van der Waals surface area contributed by atoms with Gasteiger partial charge >= 0.3 is 0 Å². The Balaban J connectivity index is 1.46. The standard InChI is InChI=1S/C23H25N7O2/c1-14-15(2)29(12-18-10-7-11-32-18)22-19(14)20(24-13-25-22)27-23(31)21-26-16(3)30(28-21)17-8-5-4-6-9-17/h4-6,8-9,13,18H,7,10-12H2,1-3H3,(H,24,25,27,31)/t18-/m0/s1. The molecule has 1 atom stereocenters. The van der Waals surface area contributed by atoms with Gasteiger partial charge in [0.05, 0.1) is 23.7 Å². The number of amides is 1. The largest absolute Gasteiger partial charge is 0.376 e. The molecule has 9 heteroatoms. The molecular formula is C23H25N7O2. The van der Waals surface area contributed by atoms with Crippen LogP contribution in [0.25, 0.3) is 16.7 Å². The van der Waals surface area contributed by atoms with Crippen molar-refractivity contribution in [1.82, 2.24) is 29.3 Å². The second kappa shape index (κ2) is 8.16. The molecule has 3 aromatic heterocycles. The maximum atomic E-state index is 13.0. The van der Waals surface area contributed by atoms with Crippen LogP contribution in [-0.4, -0.2) is 47.9 Å². The van der Waals surface area contributed by atoms with Crippen molar-refractivity contribution in [1.29, 1.82) is 0 Å². The lowest BCUT2D eigenvalue weighted by Crippen LogP contribution is -2.17. The van der Waals surface area contributed by atoms with E-state index in [1.807, 2.05) is 44.2 Å². The number of aryl methyl sites for hydroxylation is 2. The van der Waals surface area contributed by atoms with Gasteiger partial charge < -0.3 is 14.6 Å². The van der Waals surface area contributed by atoms with E-state index in [0.29, 0.717) is 11.6 Å². The number of nitrogens with one attached hydrogen (secondary N) is 1. The Morgan fingerprint density at radius 1 is 1.19 bits per heavy atom. The molecule has 1 N–H and O–H groups in total. The SMILES string of the molecule is Cc1c(C)n(C[C@@H]2CCCO2)c2ncnc(NC(=O)c3nc(C)n(-c4ccccc4)n3)c12. The third-order valence-corrected chi connectivity index (χ3v) is 6.02. The van der Waals surface area contributed by atoms with Crippen LogP contribution in [0, 0.1) is 20.8 Å². The zero-order chi connectivity index (χ0) is 22.2. The van der Waals surface area contributed by atoms with Crippen LogP contribution >= 0.6 is 0 Å². The molecule has 1 saturated heterocycles. The topological polar surface area (TPSA) is 99.7 Å². The summed E-state index contributed by atoms with van der Waals surface area (Å²) in [5.41, 5.74) is 3.76. The normalized spacial score (nSPS) is 16.0. The average Bonchev–Trinajstić information content (AvgIpc) is 3.51. The van der Waals surface area contributed by atoms with Gasteiger partial charge in [-0.1, -0.05) is 18.2 Å². The number of hydrogen-bond donors (Lipinski definition) is 1. The third-order valence-electron chi connectivity index (χ3n) is 6.02. The minimum atomic E-state index is -0.410. The average molecular weight is 432 g/mol. The van der Waals surface area contributed by atoms with E-state index in [9.17, 15) is 4.79 Å². The number of benzene rings is 1. The number of anilines is 1. The molecule has 1 fully saturated rings. The lowest BCUT2D eigenvalue weighted by molar-refractivity contribution is 0.0974. The van der Waals surface area contributed by atoms with Gasteiger partial charge in [-0.05, 0) is 51.3 Å². The second-order valence-corrected chi connectivity index (χ2v) is 8.06. The van der Waals surface area contributed by atoms with Crippen molar-refractivity contribution in [3.63, 3.8) is 0 Å². The maximum absolute atomic E-state index is 13.0. The summed E-state index contributed by atoms with van der Waals surface area (Å²) in [5.74, 6) is 0.766. The molecule has 164 valence electrons. The Morgan fingerprint density at radius 2 is 2.00 bits per heavy atom. The summed E-state index contributed by atoms with van der Waals surface area (Å²) in [5, 5.41) is 8.12. The molecule has 4 heterocycles. The molecule has 0 saturated carbocycles. The maximum Gasteiger partial charge on any atom is 0.296 e. The minimum absolute atomic E-state index is 0.0891. The summed E-state index contributed by atoms with van der Waals surface area (Å²) < 4.78 is 9.63. The summed E-state index contributed by atoms with van der Waals surface area (Å²) in [7, 11) is 0. The quantitative estimate of drug-likeness (QED) is 0.520. The highest BCUT2D eigenvalue weighted by Gasteiger charge is 2.23. The van der Waals surface area contributed by atoms with Gasteiger partial charge in [-0.3, -0.25) is 4.79 Å². The van der Waals surface area contributed by atoms with Crippen LogP contribution in [0.15, 0.2) is 36.7 Å². The summed E-state index contributed by atoms with van der Waals surface area (Å²) in [6, 6.07) is 9.60. The van der Waals surface area contributed by atoms with Crippen molar-refractivity contribution in [2.75, 3.05) is 11.9 Å². The molecule has 1 aromatic carbocycles. The summed E-state index contributed by atoms with van der Waals surface area (Å²) in [6.45, 7) is 7.45. The summed E-state index contributed by atoms with van der Waals surface area (Å²) in [6.07, 6.45) is 3.79. The molecule has 0 spiro atoms. The molecule has 0 radical (unpaired) electrons. The number of ether oxygens (including phenoxy) is 1. The fourth-order valence-electron chi connectivity index (χ4n) is 4.24. The van der Waals surface area contributed by atoms with Gasteiger partial charge in [-0.15, -0.1) is 5.10 Å². The number of carbonyl (C=O) groups excluding carboxylic acids is 1. The van der Waals surface area contributed by atoms with Crippen molar-refractivity contribution in [2.45, 2.75) is 46.3 Å². The van der Waals surface area contributed by atoms with E-state index in [4.69, 9.17) is 4.74 Å². The van der Waals surface area contributed by atoms with E-state index in [1.54, 1.807) is 4.68 Å². The highest BCUT2D eigenvalue weighted by atomic mass is 16.5. The van der Waals surface area contributed by atoms with Gasteiger partial charge in [0.15, 0.2) is 0 Å². The van der Waals surface area contributed by atoms with Crippen LogP contribution in [0.5, 0.6) is 0 Å². The molecule has 1 aliphatic heterocycles. The Kier molecular flexibility index (Phi) is 5.18. The number of rotatable bonds is 5. The smallest absolute Gasteiger partial charge is 0.296 e. The molecule has 4 aromatic rings. The molecule has 1 aliphatic rings. The van der Waals surface area contributed by atoms with Gasteiger partial charge in [-0.2, -0.15) is 0 Å². The van der Waals surface area contributed by atoms with Gasteiger partial charge in [0, 0.05) is 12.3 Å². The van der Waals surface area contributed by atoms with Gasteiger partial charge in [0.2, 0.25) is 5.82 Å². The molecule has 0 aliphatic carbocycles. The molecule has 1 amide bonds. The fraction of sp³-hybridized carbons (Fsp3) is 0.348. The van der Waals surface area contributed by atoms with Crippen LogP contribution in [0.4, 0.5) is 5.82 Å². The van der Waals surface area contributed by atoms with Crippen molar-refractivity contribution < 1.29 is 9.53 Å². The number of nitrogens with zero attached hydrogens (tertiary/aromatic N) is 6. The van der Waals surface area contributed by atoms with Crippen LogP contribution in [0.2, 0.25) is 0 Å². The van der Waals surface area contributed by atoms with Crippen LogP contribution in [-0.2, 0) is 11.3 Å². The first-order valence-electron chi connectivity index (χ1n) is 10.8. The predicted octanol–water partition coefficient (Wildman–Crippen LogP) is 3.37. The third kappa shape index (κ3) is 3.54. The number of carbonyl (C=O) groups is 1. The number of aromatic nitrogens is 6. The lowest BCUT2D eigenvalue weighted by Gasteiger charge is -2.13. The van der Waals surface area contributed by atoms with E-state index in [1.165, 1.54) is 6.33 Å². The van der Waals surface area contributed by atoms with E-state index >= 15 is 0 Å². The lowest BCUT2D eigenvalue weighted by atomic mass is 10.2. The van der Waals surface area contributed by atoms with E-state index in [-0.39, 0.29) is 11.9 Å². The number of para-hydroxylation sites is 1. The summed E-state index contributed by atoms with van der Waals surface area (Å²) >= 11 is 0. The Bertz CT molecular complexity index is 1290. The van der Waals surface area contributed by atoms with Gasteiger partial charge in [0.1, 0.15) is 23.6 Å². The van der Waals surface area contributed by atoms with Crippen LogP contribution in [0.1, 0.15) is 40.5 Å². The number of hydrogen-bond acceptors (Lipinski definition) is 6. The molecule has 0 unspecified atom stereocenters. The fourth-order valence-corrected chi connectivity index (χ4v) is 4.24. The van der Waals surface area contributed by atoms with Crippen molar-refractivity contribution in [3.8, 4) is 5.69 Å². The highest BCUT2D eigenvalue weighted by molar-refractivity contribution is 6.06. The van der Waals surface area contributed by atoms with Crippen LogP contribution in [0.3, 0.4) is 0 Å².